The van der Waals surface area contributed by atoms with Crippen LogP contribution in [0.4, 0.5) is 5.69 Å². The highest BCUT2D eigenvalue weighted by Crippen LogP contribution is 2.35. The zero-order chi connectivity index (χ0) is 21.5. The second-order valence-electron chi connectivity index (χ2n) is 7.95. The van der Waals surface area contributed by atoms with Crippen molar-refractivity contribution in [1.82, 2.24) is 4.31 Å². The lowest BCUT2D eigenvalue weighted by Crippen LogP contribution is -2.45. The summed E-state index contributed by atoms with van der Waals surface area (Å²) in [5.41, 5.74) is 3.40. The van der Waals surface area contributed by atoms with Gasteiger partial charge in [0.25, 0.3) is 0 Å². The van der Waals surface area contributed by atoms with Crippen LogP contribution in [0, 0.1) is 12.8 Å². The van der Waals surface area contributed by atoms with Crippen LogP contribution >= 0.6 is 23.2 Å². The number of amides is 1. The van der Waals surface area contributed by atoms with E-state index in [0.29, 0.717) is 19.4 Å². The van der Waals surface area contributed by atoms with Crippen molar-refractivity contribution in [1.29, 1.82) is 0 Å². The maximum Gasteiger partial charge on any atom is 0.246 e. The monoisotopic (exact) mass is 466 g/mol. The molecule has 2 aliphatic heterocycles. The predicted molar refractivity (Wildman–Crippen MR) is 120 cm³/mol. The van der Waals surface area contributed by atoms with Crippen molar-refractivity contribution in [3.8, 4) is 0 Å². The molecule has 8 heteroatoms. The molecule has 2 aliphatic rings. The van der Waals surface area contributed by atoms with E-state index in [1.165, 1.54) is 27.6 Å². The quantitative estimate of drug-likeness (QED) is 0.659. The number of anilines is 1. The molecular formula is C22H24Cl2N2O3S. The first-order valence-electron chi connectivity index (χ1n) is 10.1. The highest BCUT2D eigenvalue weighted by Gasteiger charge is 2.36. The number of hydrogen-bond donors (Lipinski definition) is 0. The van der Waals surface area contributed by atoms with Gasteiger partial charge in [-0.25, -0.2) is 8.42 Å². The van der Waals surface area contributed by atoms with Gasteiger partial charge in [-0.3, -0.25) is 4.79 Å². The van der Waals surface area contributed by atoms with Crippen LogP contribution in [0.15, 0.2) is 41.3 Å². The van der Waals surface area contributed by atoms with Crippen molar-refractivity contribution >= 4 is 44.8 Å². The number of benzene rings is 2. The summed E-state index contributed by atoms with van der Waals surface area (Å²) in [6.45, 7) is 3.31. The minimum atomic E-state index is -3.81. The van der Waals surface area contributed by atoms with E-state index in [9.17, 15) is 13.2 Å². The minimum absolute atomic E-state index is 0.0570. The number of hydrogen-bond acceptors (Lipinski definition) is 3. The summed E-state index contributed by atoms with van der Waals surface area (Å²) in [6, 6.07) is 10.9. The number of aryl methyl sites for hydroxylation is 2. The average Bonchev–Trinajstić information content (AvgIpc) is 2.72. The maximum absolute atomic E-state index is 13.3. The van der Waals surface area contributed by atoms with E-state index in [2.05, 4.69) is 13.0 Å². The van der Waals surface area contributed by atoms with Crippen LogP contribution in [0.25, 0.3) is 0 Å². The van der Waals surface area contributed by atoms with Crippen molar-refractivity contribution in [2.24, 2.45) is 5.92 Å². The van der Waals surface area contributed by atoms with Gasteiger partial charge in [-0.15, -0.1) is 0 Å². The summed E-state index contributed by atoms with van der Waals surface area (Å²) >= 11 is 12.2. The number of halogens is 2. The minimum Gasteiger partial charge on any atom is -0.312 e. The Balaban J connectivity index is 1.49. The second-order valence-corrected chi connectivity index (χ2v) is 10.6. The molecule has 2 heterocycles. The summed E-state index contributed by atoms with van der Waals surface area (Å²) in [5, 5.41) is 0.224. The van der Waals surface area contributed by atoms with Crippen molar-refractivity contribution in [3.05, 3.63) is 57.6 Å². The third kappa shape index (κ3) is 3.98. The predicted octanol–water partition coefficient (Wildman–Crippen LogP) is 4.68. The molecule has 0 aromatic heterocycles. The van der Waals surface area contributed by atoms with Gasteiger partial charge in [0.1, 0.15) is 4.90 Å². The lowest BCUT2D eigenvalue weighted by atomic mass is 9.93. The van der Waals surface area contributed by atoms with Crippen LogP contribution < -0.4 is 4.90 Å². The van der Waals surface area contributed by atoms with Gasteiger partial charge in [-0.2, -0.15) is 4.31 Å². The molecule has 160 valence electrons. The first-order valence-corrected chi connectivity index (χ1v) is 12.3. The largest absolute Gasteiger partial charge is 0.312 e. The smallest absolute Gasteiger partial charge is 0.246 e. The van der Waals surface area contributed by atoms with E-state index in [4.69, 9.17) is 23.2 Å². The van der Waals surface area contributed by atoms with E-state index in [1.54, 1.807) is 6.07 Å². The Morgan fingerprint density at radius 1 is 1.03 bits per heavy atom. The Morgan fingerprint density at radius 2 is 1.70 bits per heavy atom. The summed E-state index contributed by atoms with van der Waals surface area (Å²) < 4.78 is 27.5. The Labute approximate surface area is 187 Å². The molecule has 2 aromatic rings. The summed E-state index contributed by atoms with van der Waals surface area (Å²) in [4.78, 5) is 15.1. The van der Waals surface area contributed by atoms with Gasteiger partial charge in [0, 0.05) is 31.2 Å². The van der Waals surface area contributed by atoms with Crippen LogP contribution in [0.1, 0.15) is 30.4 Å². The molecule has 0 bridgehead atoms. The van der Waals surface area contributed by atoms with Gasteiger partial charge < -0.3 is 4.90 Å². The molecule has 1 amide bonds. The number of carbonyl (C=O) groups excluding carboxylic acids is 1. The van der Waals surface area contributed by atoms with E-state index >= 15 is 0 Å². The van der Waals surface area contributed by atoms with Crippen LogP contribution in [-0.2, 0) is 21.2 Å². The number of rotatable bonds is 3. The summed E-state index contributed by atoms with van der Waals surface area (Å²) in [6.07, 6.45) is 2.89. The van der Waals surface area contributed by atoms with Gasteiger partial charge in [-0.05, 0) is 56.4 Å². The molecule has 1 saturated heterocycles. The molecule has 0 unspecified atom stereocenters. The first-order chi connectivity index (χ1) is 14.3. The standard InChI is InChI=1S/C22H24Cl2N2O3S/c1-15-7-8-20-17(14-15)4-3-11-26(20)22(27)16-9-12-25(13-10-16)30(28,29)21-18(23)5-2-6-19(21)24/h2,5-8,14,16H,3-4,9-13H2,1H3. The molecule has 0 N–H and O–H groups in total. The van der Waals surface area contributed by atoms with Gasteiger partial charge in [0.05, 0.1) is 10.0 Å². The normalized spacial score (nSPS) is 18.3. The Morgan fingerprint density at radius 3 is 2.37 bits per heavy atom. The summed E-state index contributed by atoms with van der Waals surface area (Å²) in [5.74, 6) is -0.0990. The molecule has 0 aliphatic carbocycles. The number of sulfonamides is 1. The lowest BCUT2D eigenvalue weighted by molar-refractivity contribution is -0.123. The highest BCUT2D eigenvalue weighted by molar-refractivity contribution is 7.89. The fraction of sp³-hybridized carbons (Fsp3) is 0.409. The Kier molecular flexibility index (Phi) is 6.13. The molecule has 0 spiro atoms. The van der Waals surface area contributed by atoms with Gasteiger partial charge >= 0.3 is 0 Å². The molecule has 4 rings (SSSR count). The maximum atomic E-state index is 13.3. The van der Waals surface area contributed by atoms with Crippen LogP contribution in [-0.4, -0.2) is 38.3 Å². The van der Waals surface area contributed by atoms with Crippen molar-refractivity contribution in [3.63, 3.8) is 0 Å². The third-order valence-electron chi connectivity index (χ3n) is 5.94. The molecule has 2 aromatic carbocycles. The van der Waals surface area contributed by atoms with Gasteiger partial charge in [0.15, 0.2) is 0 Å². The van der Waals surface area contributed by atoms with Gasteiger partial charge in [-0.1, -0.05) is 47.0 Å². The van der Waals surface area contributed by atoms with Crippen molar-refractivity contribution in [2.45, 2.75) is 37.5 Å². The fourth-order valence-corrected chi connectivity index (χ4v) is 6.94. The topological polar surface area (TPSA) is 57.7 Å². The SMILES string of the molecule is Cc1ccc2c(c1)CCCN2C(=O)C1CCN(S(=O)(=O)c2c(Cl)cccc2Cl)CC1. The van der Waals surface area contributed by atoms with E-state index in [0.717, 1.165) is 18.5 Å². The molecule has 1 fully saturated rings. The van der Waals surface area contributed by atoms with Gasteiger partial charge in [0.2, 0.25) is 15.9 Å². The molecule has 0 radical (unpaired) electrons. The second kappa shape index (κ2) is 8.50. The Bertz CT molecular complexity index is 1060. The molecule has 30 heavy (non-hydrogen) atoms. The number of fused-ring (bicyclic) bond motifs is 1. The average molecular weight is 467 g/mol. The summed E-state index contributed by atoms with van der Waals surface area (Å²) in [7, 11) is -3.81. The van der Waals surface area contributed by atoms with E-state index < -0.39 is 10.0 Å². The first kappa shape index (κ1) is 21.6. The fourth-order valence-electron chi connectivity index (χ4n) is 4.38. The molecule has 0 saturated carbocycles. The van der Waals surface area contributed by atoms with Crippen LogP contribution in [0.3, 0.4) is 0 Å². The van der Waals surface area contributed by atoms with E-state index in [-0.39, 0.29) is 39.9 Å². The molecule has 0 atom stereocenters. The lowest BCUT2D eigenvalue weighted by Gasteiger charge is -2.36. The van der Waals surface area contributed by atoms with E-state index in [1.807, 2.05) is 17.0 Å². The Hall–Kier alpha value is -1.60. The zero-order valence-electron chi connectivity index (χ0n) is 16.8. The van der Waals surface area contributed by atoms with Crippen LogP contribution in [0.2, 0.25) is 10.0 Å². The van der Waals surface area contributed by atoms with Crippen LogP contribution in [0.5, 0.6) is 0 Å². The number of carbonyl (C=O) groups is 1. The zero-order valence-corrected chi connectivity index (χ0v) is 19.1. The number of nitrogens with zero attached hydrogens (tertiary/aromatic N) is 2. The third-order valence-corrected chi connectivity index (χ3v) is 8.79. The van der Waals surface area contributed by atoms with Crippen molar-refractivity contribution < 1.29 is 13.2 Å². The molecular weight excluding hydrogens is 443 g/mol. The molecule has 5 nitrogen and oxygen atoms in total. The number of piperidine rings is 1. The highest BCUT2D eigenvalue weighted by atomic mass is 35.5. The van der Waals surface area contributed by atoms with Crippen molar-refractivity contribution in [2.75, 3.05) is 24.5 Å².